The zero-order chi connectivity index (χ0) is 16.5. The second kappa shape index (κ2) is 6.54. The van der Waals surface area contributed by atoms with Crippen LogP contribution in [0.5, 0.6) is 11.5 Å². The minimum absolute atomic E-state index is 0.258. The van der Waals surface area contributed by atoms with Gasteiger partial charge in [-0.3, -0.25) is 4.90 Å². The lowest BCUT2D eigenvalue weighted by Crippen LogP contribution is -2.46. The highest BCUT2D eigenvalue weighted by Gasteiger charge is 2.21. The number of anilines is 1. The van der Waals surface area contributed by atoms with Gasteiger partial charge < -0.3 is 14.4 Å². The van der Waals surface area contributed by atoms with Crippen molar-refractivity contribution >= 4 is 17.3 Å². The number of para-hydroxylation sites is 1. The molecule has 2 aliphatic rings. The second-order valence-electron chi connectivity index (χ2n) is 6.36. The first-order valence-electron chi connectivity index (χ1n) is 8.31. The summed E-state index contributed by atoms with van der Waals surface area (Å²) in [6, 6.07) is 12.6. The normalized spacial score (nSPS) is 17.3. The highest BCUT2D eigenvalue weighted by Crippen LogP contribution is 2.40. The Morgan fingerprint density at radius 2 is 1.83 bits per heavy atom. The van der Waals surface area contributed by atoms with Gasteiger partial charge in [-0.25, -0.2) is 0 Å². The van der Waals surface area contributed by atoms with Crippen LogP contribution in [0.25, 0.3) is 0 Å². The summed E-state index contributed by atoms with van der Waals surface area (Å²) in [6.45, 7) is 7.50. The summed E-state index contributed by atoms with van der Waals surface area (Å²) < 4.78 is 10.8. The molecule has 0 spiro atoms. The molecule has 24 heavy (non-hydrogen) atoms. The molecular formula is C19H21ClN2O2. The molecule has 0 radical (unpaired) electrons. The molecule has 1 fully saturated rings. The van der Waals surface area contributed by atoms with Crippen molar-refractivity contribution in [3.63, 3.8) is 0 Å². The zero-order valence-corrected chi connectivity index (χ0v) is 14.6. The molecule has 0 bridgehead atoms. The molecule has 0 N–H and O–H groups in total. The van der Waals surface area contributed by atoms with Gasteiger partial charge in [0, 0.05) is 38.4 Å². The van der Waals surface area contributed by atoms with E-state index in [4.69, 9.17) is 21.1 Å². The maximum Gasteiger partial charge on any atom is 0.231 e. The van der Waals surface area contributed by atoms with E-state index in [0.717, 1.165) is 38.5 Å². The van der Waals surface area contributed by atoms with Crippen LogP contribution in [-0.2, 0) is 6.54 Å². The number of fused-ring (bicyclic) bond motifs is 1. The molecule has 0 amide bonds. The van der Waals surface area contributed by atoms with Gasteiger partial charge in [-0.15, -0.1) is 0 Å². The molecule has 2 aromatic rings. The number of piperazine rings is 1. The van der Waals surface area contributed by atoms with E-state index in [1.807, 2.05) is 12.1 Å². The molecule has 4 rings (SSSR count). The first-order valence-corrected chi connectivity index (χ1v) is 8.69. The Kier molecular flexibility index (Phi) is 4.25. The first kappa shape index (κ1) is 15.6. The lowest BCUT2D eigenvalue weighted by Gasteiger charge is -2.36. The molecule has 2 heterocycles. The molecule has 2 aromatic carbocycles. The van der Waals surface area contributed by atoms with E-state index in [9.17, 15) is 0 Å². The summed E-state index contributed by atoms with van der Waals surface area (Å²) in [5.41, 5.74) is 3.87. The first-order chi connectivity index (χ1) is 11.7. The predicted octanol–water partition coefficient (Wildman–Crippen LogP) is 3.70. The van der Waals surface area contributed by atoms with Gasteiger partial charge in [0.1, 0.15) is 0 Å². The zero-order valence-electron chi connectivity index (χ0n) is 13.8. The predicted molar refractivity (Wildman–Crippen MR) is 96.2 cm³/mol. The van der Waals surface area contributed by atoms with Gasteiger partial charge in [0.25, 0.3) is 0 Å². The van der Waals surface area contributed by atoms with E-state index < -0.39 is 0 Å². The molecule has 0 aliphatic carbocycles. The molecule has 0 saturated carbocycles. The highest BCUT2D eigenvalue weighted by atomic mass is 35.5. The molecule has 0 atom stereocenters. The quantitative estimate of drug-likeness (QED) is 0.847. The third kappa shape index (κ3) is 3.04. The lowest BCUT2D eigenvalue weighted by molar-refractivity contribution is 0.174. The summed E-state index contributed by atoms with van der Waals surface area (Å²) in [4.78, 5) is 4.93. The minimum atomic E-state index is 0.258. The largest absolute Gasteiger partial charge is 0.454 e. The smallest absolute Gasteiger partial charge is 0.231 e. The highest BCUT2D eigenvalue weighted by molar-refractivity contribution is 6.32. The monoisotopic (exact) mass is 344 g/mol. The van der Waals surface area contributed by atoms with Crippen LogP contribution in [0.15, 0.2) is 36.4 Å². The van der Waals surface area contributed by atoms with Crippen molar-refractivity contribution in [2.75, 3.05) is 37.9 Å². The minimum Gasteiger partial charge on any atom is -0.454 e. The third-order valence-electron chi connectivity index (χ3n) is 4.72. The van der Waals surface area contributed by atoms with E-state index in [-0.39, 0.29) is 6.79 Å². The Morgan fingerprint density at radius 1 is 1.04 bits per heavy atom. The average molecular weight is 345 g/mol. The molecule has 1 saturated heterocycles. The van der Waals surface area contributed by atoms with Crippen molar-refractivity contribution in [1.29, 1.82) is 0 Å². The van der Waals surface area contributed by atoms with Crippen LogP contribution < -0.4 is 14.4 Å². The molecule has 0 unspecified atom stereocenters. The van der Waals surface area contributed by atoms with E-state index in [1.165, 1.54) is 16.8 Å². The van der Waals surface area contributed by atoms with Crippen LogP contribution in [0, 0.1) is 6.92 Å². The Hall–Kier alpha value is -1.91. The van der Waals surface area contributed by atoms with Crippen molar-refractivity contribution in [2.24, 2.45) is 0 Å². The van der Waals surface area contributed by atoms with Crippen molar-refractivity contribution in [2.45, 2.75) is 13.5 Å². The summed E-state index contributed by atoms with van der Waals surface area (Å²) in [7, 11) is 0. The molecule has 126 valence electrons. The van der Waals surface area contributed by atoms with E-state index >= 15 is 0 Å². The van der Waals surface area contributed by atoms with Crippen LogP contribution in [0.2, 0.25) is 5.02 Å². The number of rotatable bonds is 3. The standard InChI is InChI=1S/C19H21ClN2O2/c1-14-4-2-3-5-17(14)22-8-6-21(7-9-22)12-15-10-16(20)19-18(11-15)23-13-24-19/h2-5,10-11H,6-9,12-13H2,1H3. The van der Waals surface area contributed by atoms with Crippen molar-refractivity contribution in [3.8, 4) is 11.5 Å². The topological polar surface area (TPSA) is 24.9 Å². The number of benzene rings is 2. The van der Waals surface area contributed by atoms with Gasteiger partial charge in [-0.2, -0.15) is 0 Å². The van der Waals surface area contributed by atoms with E-state index in [2.05, 4.69) is 41.0 Å². The van der Waals surface area contributed by atoms with Gasteiger partial charge >= 0.3 is 0 Å². The Labute approximate surface area is 147 Å². The fourth-order valence-corrected chi connectivity index (χ4v) is 3.72. The van der Waals surface area contributed by atoms with Crippen LogP contribution in [0.3, 0.4) is 0 Å². The number of hydrogen-bond acceptors (Lipinski definition) is 4. The fourth-order valence-electron chi connectivity index (χ4n) is 3.44. The molecular weight excluding hydrogens is 324 g/mol. The SMILES string of the molecule is Cc1ccccc1N1CCN(Cc2cc(Cl)c3c(c2)OCO3)CC1. The molecule has 2 aliphatic heterocycles. The van der Waals surface area contributed by atoms with Gasteiger partial charge in [0.2, 0.25) is 6.79 Å². The maximum absolute atomic E-state index is 6.28. The number of ether oxygens (including phenoxy) is 2. The summed E-state index contributed by atoms with van der Waals surface area (Å²) >= 11 is 6.28. The summed E-state index contributed by atoms with van der Waals surface area (Å²) in [6.07, 6.45) is 0. The molecule has 0 aromatic heterocycles. The maximum atomic E-state index is 6.28. The second-order valence-corrected chi connectivity index (χ2v) is 6.77. The number of halogens is 1. The van der Waals surface area contributed by atoms with E-state index in [1.54, 1.807) is 0 Å². The summed E-state index contributed by atoms with van der Waals surface area (Å²) in [5, 5.41) is 0.638. The van der Waals surface area contributed by atoms with Crippen molar-refractivity contribution in [1.82, 2.24) is 4.90 Å². The number of aryl methyl sites for hydroxylation is 1. The van der Waals surface area contributed by atoms with Crippen LogP contribution in [-0.4, -0.2) is 37.9 Å². The Balaban J connectivity index is 1.40. The number of nitrogens with zero attached hydrogens (tertiary/aromatic N) is 2. The van der Waals surface area contributed by atoms with Crippen molar-refractivity contribution in [3.05, 3.63) is 52.5 Å². The third-order valence-corrected chi connectivity index (χ3v) is 5.00. The Morgan fingerprint density at radius 3 is 2.62 bits per heavy atom. The average Bonchev–Trinajstić information content (AvgIpc) is 3.05. The van der Waals surface area contributed by atoms with Crippen LogP contribution in [0.1, 0.15) is 11.1 Å². The van der Waals surface area contributed by atoms with Crippen LogP contribution >= 0.6 is 11.6 Å². The Bertz CT molecular complexity index is 742. The van der Waals surface area contributed by atoms with Gasteiger partial charge in [-0.1, -0.05) is 29.8 Å². The van der Waals surface area contributed by atoms with Crippen LogP contribution in [0.4, 0.5) is 5.69 Å². The summed E-state index contributed by atoms with van der Waals surface area (Å²) in [5.74, 6) is 1.43. The molecule has 5 heteroatoms. The lowest BCUT2D eigenvalue weighted by atomic mass is 10.1. The van der Waals surface area contributed by atoms with Crippen molar-refractivity contribution < 1.29 is 9.47 Å². The van der Waals surface area contributed by atoms with Gasteiger partial charge in [-0.05, 0) is 36.2 Å². The van der Waals surface area contributed by atoms with Gasteiger partial charge in [0.15, 0.2) is 11.5 Å². The molecule has 4 nitrogen and oxygen atoms in total. The van der Waals surface area contributed by atoms with E-state index in [0.29, 0.717) is 10.8 Å². The van der Waals surface area contributed by atoms with Gasteiger partial charge in [0.05, 0.1) is 5.02 Å². The fraction of sp³-hybridized carbons (Fsp3) is 0.368. The number of hydrogen-bond donors (Lipinski definition) is 0.